The molecular formula is C15H20N4OS. The summed E-state index contributed by atoms with van der Waals surface area (Å²) in [6.07, 6.45) is 3.22. The number of benzene rings is 1. The molecule has 2 atom stereocenters. The highest BCUT2D eigenvalue weighted by Crippen LogP contribution is 2.36. The SMILES string of the molecule is CCn1c(SC2CCCc3ccccc3C2N)n[nH]c1=O. The predicted octanol–water partition coefficient (Wildman–Crippen LogP) is 2.09. The van der Waals surface area contributed by atoms with Crippen LogP contribution in [0, 0.1) is 0 Å². The van der Waals surface area contributed by atoms with Crippen molar-refractivity contribution < 1.29 is 0 Å². The Kier molecular flexibility index (Phi) is 4.17. The zero-order valence-corrected chi connectivity index (χ0v) is 12.9. The van der Waals surface area contributed by atoms with Gasteiger partial charge < -0.3 is 5.73 Å². The lowest BCUT2D eigenvalue weighted by atomic mass is 10.00. The molecule has 21 heavy (non-hydrogen) atoms. The number of nitrogens with zero attached hydrogens (tertiary/aromatic N) is 2. The van der Waals surface area contributed by atoms with Crippen molar-refractivity contribution in [3.8, 4) is 0 Å². The van der Waals surface area contributed by atoms with Gasteiger partial charge in [0.15, 0.2) is 5.16 Å². The number of nitrogens with one attached hydrogen (secondary N) is 1. The molecule has 0 saturated heterocycles. The number of H-pyrrole nitrogens is 1. The maximum Gasteiger partial charge on any atom is 0.343 e. The molecule has 3 rings (SSSR count). The van der Waals surface area contributed by atoms with E-state index in [0.29, 0.717) is 6.54 Å². The number of nitrogens with two attached hydrogens (primary N) is 1. The first-order valence-electron chi connectivity index (χ1n) is 7.36. The Morgan fingerprint density at radius 1 is 1.48 bits per heavy atom. The van der Waals surface area contributed by atoms with Gasteiger partial charge in [-0.25, -0.2) is 9.89 Å². The number of thioether (sulfide) groups is 1. The van der Waals surface area contributed by atoms with Gasteiger partial charge in [-0.05, 0) is 37.3 Å². The third kappa shape index (κ3) is 2.78. The van der Waals surface area contributed by atoms with Crippen LogP contribution in [0.1, 0.15) is 36.9 Å². The molecule has 0 bridgehead atoms. The van der Waals surface area contributed by atoms with Crippen molar-refractivity contribution in [1.82, 2.24) is 14.8 Å². The van der Waals surface area contributed by atoms with Crippen LogP contribution in [0.3, 0.4) is 0 Å². The summed E-state index contributed by atoms with van der Waals surface area (Å²) in [5.74, 6) is 0. The molecule has 1 aliphatic carbocycles. The summed E-state index contributed by atoms with van der Waals surface area (Å²) >= 11 is 1.62. The highest BCUT2D eigenvalue weighted by atomic mass is 32.2. The molecule has 0 fully saturated rings. The van der Waals surface area contributed by atoms with Crippen molar-refractivity contribution in [2.45, 2.75) is 49.2 Å². The van der Waals surface area contributed by atoms with Gasteiger partial charge in [0.25, 0.3) is 0 Å². The molecule has 5 nitrogen and oxygen atoms in total. The van der Waals surface area contributed by atoms with Crippen LogP contribution in [0.25, 0.3) is 0 Å². The smallest absolute Gasteiger partial charge is 0.323 e. The summed E-state index contributed by atoms with van der Waals surface area (Å²) in [5.41, 5.74) is 8.92. The Balaban J connectivity index is 1.87. The number of hydrogen-bond donors (Lipinski definition) is 2. The van der Waals surface area contributed by atoms with Gasteiger partial charge in [-0.15, -0.1) is 5.10 Å². The average Bonchev–Trinajstić information content (AvgIpc) is 2.77. The number of hydrogen-bond acceptors (Lipinski definition) is 4. The number of aromatic nitrogens is 3. The highest BCUT2D eigenvalue weighted by Gasteiger charge is 2.27. The Hall–Kier alpha value is -1.53. The van der Waals surface area contributed by atoms with Crippen LogP contribution in [0.15, 0.2) is 34.2 Å². The Morgan fingerprint density at radius 2 is 2.29 bits per heavy atom. The summed E-state index contributed by atoms with van der Waals surface area (Å²) in [7, 11) is 0. The maximum atomic E-state index is 11.7. The Bertz CT molecular complexity index is 678. The molecule has 1 heterocycles. The number of fused-ring (bicyclic) bond motifs is 1. The summed E-state index contributed by atoms with van der Waals surface area (Å²) in [6.45, 7) is 2.57. The fraction of sp³-hybridized carbons (Fsp3) is 0.467. The minimum absolute atomic E-state index is 0.0224. The van der Waals surface area contributed by atoms with Crippen LogP contribution < -0.4 is 11.4 Å². The molecule has 1 aromatic heterocycles. The molecule has 112 valence electrons. The largest absolute Gasteiger partial charge is 0.343 e. The molecule has 1 aliphatic rings. The quantitative estimate of drug-likeness (QED) is 0.851. The molecule has 0 radical (unpaired) electrons. The zero-order chi connectivity index (χ0) is 14.8. The van der Waals surface area contributed by atoms with Gasteiger partial charge in [0.1, 0.15) is 0 Å². The van der Waals surface area contributed by atoms with E-state index in [2.05, 4.69) is 28.4 Å². The summed E-state index contributed by atoms with van der Waals surface area (Å²) in [4.78, 5) is 11.7. The predicted molar refractivity (Wildman–Crippen MR) is 84.5 cm³/mol. The third-order valence-corrected chi connectivity index (χ3v) is 5.40. The van der Waals surface area contributed by atoms with E-state index in [1.54, 1.807) is 16.3 Å². The van der Waals surface area contributed by atoms with Crippen LogP contribution in [-0.2, 0) is 13.0 Å². The second-order valence-corrected chi connectivity index (χ2v) is 6.54. The van der Waals surface area contributed by atoms with E-state index in [0.717, 1.165) is 24.4 Å². The Morgan fingerprint density at radius 3 is 3.10 bits per heavy atom. The number of rotatable bonds is 3. The van der Waals surface area contributed by atoms with Gasteiger partial charge in [0.05, 0.1) is 0 Å². The number of aryl methyl sites for hydroxylation is 1. The van der Waals surface area contributed by atoms with E-state index in [9.17, 15) is 4.79 Å². The van der Waals surface area contributed by atoms with Gasteiger partial charge in [0.2, 0.25) is 0 Å². The fourth-order valence-electron chi connectivity index (χ4n) is 2.90. The first-order valence-corrected chi connectivity index (χ1v) is 8.24. The molecule has 0 saturated carbocycles. The highest BCUT2D eigenvalue weighted by molar-refractivity contribution is 7.99. The maximum absolute atomic E-state index is 11.7. The van der Waals surface area contributed by atoms with Crippen molar-refractivity contribution in [2.75, 3.05) is 0 Å². The van der Waals surface area contributed by atoms with Crippen molar-refractivity contribution in [2.24, 2.45) is 5.73 Å². The molecule has 3 N–H and O–H groups in total. The van der Waals surface area contributed by atoms with Crippen LogP contribution in [-0.4, -0.2) is 20.0 Å². The molecule has 0 amide bonds. The molecule has 6 heteroatoms. The minimum Gasteiger partial charge on any atom is -0.323 e. The van der Waals surface area contributed by atoms with E-state index in [-0.39, 0.29) is 17.0 Å². The lowest BCUT2D eigenvalue weighted by molar-refractivity contribution is 0.618. The van der Waals surface area contributed by atoms with Gasteiger partial charge in [-0.3, -0.25) is 4.57 Å². The van der Waals surface area contributed by atoms with Crippen LogP contribution in [0.2, 0.25) is 0 Å². The molecule has 1 aromatic carbocycles. The first-order chi connectivity index (χ1) is 10.2. The monoisotopic (exact) mass is 304 g/mol. The van der Waals surface area contributed by atoms with Gasteiger partial charge in [-0.1, -0.05) is 36.0 Å². The van der Waals surface area contributed by atoms with Crippen molar-refractivity contribution in [3.05, 3.63) is 45.9 Å². The van der Waals surface area contributed by atoms with Crippen molar-refractivity contribution >= 4 is 11.8 Å². The van der Waals surface area contributed by atoms with Gasteiger partial charge in [-0.2, -0.15) is 0 Å². The summed E-state index contributed by atoms with van der Waals surface area (Å²) < 4.78 is 1.66. The molecule has 2 unspecified atom stereocenters. The number of aromatic amines is 1. The van der Waals surface area contributed by atoms with E-state index < -0.39 is 0 Å². The minimum atomic E-state index is -0.150. The van der Waals surface area contributed by atoms with Crippen molar-refractivity contribution in [1.29, 1.82) is 0 Å². The molecular weight excluding hydrogens is 284 g/mol. The van der Waals surface area contributed by atoms with E-state index in [1.807, 2.05) is 13.0 Å². The second kappa shape index (κ2) is 6.07. The van der Waals surface area contributed by atoms with Gasteiger partial charge in [0, 0.05) is 17.8 Å². The molecule has 2 aromatic rings. The van der Waals surface area contributed by atoms with Crippen LogP contribution in [0.4, 0.5) is 0 Å². The topological polar surface area (TPSA) is 76.7 Å². The van der Waals surface area contributed by atoms with Crippen molar-refractivity contribution in [3.63, 3.8) is 0 Å². The molecule has 0 spiro atoms. The third-order valence-electron chi connectivity index (χ3n) is 4.05. The lowest BCUT2D eigenvalue weighted by Crippen LogP contribution is -2.24. The van der Waals surface area contributed by atoms with Crippen LogP contribution in [0.5, 0.6) is 0 Å². The summed E-state index contributed by atoms with van der Waals surface area (Å²) in [6, 6.07) is 8.38. The van der Waals surface area contributed by atoms with Crippen LogP contribution >= 0.6 is 11.8 Å². The Labute approximate surface area is 127 Å². The van der Waals surface area contributed by atoms with E-state index in [1.165, 1.54) is 11.1 Å². The average molecular weight is 304 g/mol. The summed E-state index contributed by atoms with van der Waals surface area (Å²) in [5, 5.41) is 7.64. The zero-order valence-electron chi connectivity index (χ0n) is 12.1. The standard InChI is InChI=1S/C15H20N4OS/c1-2-19-14(20)17-18-15(19)21-12-9-5-7-10-6-3-4-8-11(10)13(12)16/h3-4,6,8,12-13H,2,5,7,9,16H2,1H3,(H,17,20). The van der Waals surface area contributed by atoms with E-state index >= 15 is 0 Å². The normalized spacial score (nSPS) is 21.8. The first kappa shape index (κ1) is 14.4. The second-order valence-electron chi connectivity index (χ2n) is 5.33. The fourth-order valence-corrected chi connectivity index (χ4v) is 4.19. The molecule has 0 aliphatic heterocycles. The van der Waals surface area contributed by atoms with E-state index in [4.69, 9.17) is 5.73 Å². The lowest BCUT2D eigenvalue weighted by Gasteiger charge is -2.22. The van der Waals surface area contributed by atoms with Gasteiger partial charge >= 0.3 is 5.69 Å².